The van der Waals surface area contributed by atoms with Crippen LogP contribution in [-0.4, -0.2) is 25.0 Å². The van der Waals surface area contributed by atoms with Gasteiger partial charge in [0.15, 0.2) is 0 Å². The van der Waals surface area contributed by atoms with E-state index in [1.54, 1.807) is 19.1 Å². The molecule has 0 radical (unpaired) electrons. The first-order valence-electron chi connectivity index (χ1n) is 5.99. The van der Waals surface area contributed by atoms with Gasteiger partial charge in [0.25, 0.3) is 0 Å². The highest BCUT2D eigenvalue weighted by Crippen LogP contribution is 2.15. The second-order valence-corrected chi connectivity index (χ2v) is 4.11. The summed E-state index contributed by atoms with van der Waals surface area (Å²) in [5, 5.41) is 3.17. The summed E-state index contributed by atoms with van der Waals surface area (Å²) in [5.41, 5.74) is 0.768. The van der Waals surface area contributed by atoms with Crippen LogP contribution in [0, 0.1) is 0 Å². The van der Waals surface area contributed by atoms with Gasteiger partial charge in [-0.1, -0.05) is 29.8 Å². The van der Waals surface area contributed by atoms with Crippen LogP contribution in [0.1, 0.15) is 18.9 Å². The quantitative estimate of drug-likeness (QED) is 0.643. The summed E-state index contributed by atoms with van der Waals surface area (Å²) in [6.07, 6.45) is 3.17. The van der Waals surface area contributed by atoms with Crippen LogP contribution >= 0.6 is 11.6 Å². The minimum Gasteiger partial charge on any atom is -0.466 e. The minimum atomic E-state index is -0.321. The molecule has 0 aliphatic carbocycles. The van der Waals surface area contributed by atoms with Gasteiger partial charge in [-0.05, 0) is 24.6 Å². The molecule has 0 atom stereocenters. The summed E-state index contributed by atoms with van der Waals surface area (Å²) in [6, 6.07) is 7.22. The summed E-state index contributed by atoms with van der Waals surface area (Å²) < 4.78 is 4.74. The number of halogens is 1. The molecule has 0 saturated carbocycles. The van der Waals surface area contributed by atoms with Crippen molar-refractivity contribution in [1.82, 2.24) is 5.32 Å². The predicted molar refractivity (Wildman–Crippen MR) is 74.7 cm³/mol. The number of benzene rings is 1. The third-order valence-corrected chi connectivity index (χ3v) is 2.60. The van der Waals surface area contributed by atoms with Crippen molar-refractivity contribution < 1.29 is 14.3 Å². The van der Waals surface area contributed by atoms with Crippen LogP contribution in [-0.2, 0) is 14.3 Å². The van der Waals surface area contributed by atoms with Gasteiger partial charge in [-0.3, -0.25) is 9.59 Å². The van der Waals surface area contributed by atoms with Gasteiger partial charge in [-0.25, -0.2) is 0 Å². The third-order valence-electron chi connectivity index (χ3n) is 2.25. The first-order chi connectivity index (χ1) is 9.13. The Hall–Kier alpha value is -1.81. The van der Waals surface area contributed by atoms with Crippen molar-refractivity contribution in [3.05, 3.63) is 40.9 Å². The lowest BCUT2D eigenvalue weighted by molar-refractivity contribution is -0.142. The predicted octanol–water partition coefficient (Wildman–Crippen LogP) is 2.42. The molecule has 1 rings (SSSR count). The van der Waals surface area contributed by atoms with E-state index in [0.29, 0.717) is 11.6 Å². The summed E-state index contributed by atoms with van der Waals surface area (Å²) >= 11 is 5.94. The highest BCUT2D eigenvalue weighted by Gasteiger charge is 2.02. The standard InChI is InChI=1S/C14H16ClNO3/c1-2-19-14(18)9-10-16-13(17)8-7-11-5-3-4-6-12(11)15/h3-8H,2,9-10H2,1H3,(H,16,17). The molecule has 0 heterocycles. The van der Waals surface area contributed by atoms with Crippen molar-refractivity contribution in [2.24, 2.45) is 0 Å². The van der Waals surface area contributed by atoms with Crippen molar-refractivity contribution in [2.75, 3.05) is 13.2 Å². The molecule has 102 valence electrons. The zero-order valence-corrected chi connectivity index (χ0v) is 11.4. The molecule has 0 aliphatic heterocycles. The van der Waals surface area contributed by atoms with Gasteiger partial charge in [0, 0.05) is 17.6 Å². The van der Waals surface area contributed by atoms with Gasteiger partial charge in [-0.2, -0.15) is 0 Å². The zero-order chi connectivity index (χ0) is 14.1. The Bertz CT molecular complexity index is 472. The van der Waals surface area contributed by atoms with Crippen molar-refractivity contribution >= 4 is 29.6 Å². The molecule has 1 amide bonds. The van der Waals surface area contributed by atoms with E-state index in [0.717, 1.165) is 5.56 Å². The fourth-order valence-corrected chi connectivity index (χ4v) is 1.55. The summed E-state index contributed by atoms with van der Waals surface area (Å²) in [7, 11) is 0. The van der Waals surface area contributed by atoms with Crippen molar-refractivity contribution in [2.45, 2.75) is 13.3 Å². The van der Waals surface area contributed by atoms with Gasteiger partial charge in [0.05, 0.1) is 13.0 Å². The number of amides is 1. The van der Waals surface area contributed by atoms with E-state index in [9.17, 15) is 9.59 Å². The lowest BCUT2D eigenvalue weighted by Gasteiger charge is -2.02. The molecule has 0 aliphatic rings. The molecule has 5 heteroatoms. The molecular formula is C14H16ClNO3. The maximum absolute atomic E-state index is 11.5. The topological polar surface area (TPSA) is 55.4 Å². The molecule has 0 unspecified atom stereocenters. The van der Waals surface area contributed by atoms with Gasteiger partial charge in [-0.15, -0.1) is 0 Å². The molecule has 0 spiro atoms. The fraction of sp³-hybridized carbons (Fsp3) is 0.286. The summed E-state index contributed by atoms with van der Waals surface area (Å²) in [6.45, 7) is 2.34. The molecule has 1 N–H and O–H groups in total. The molecule has 4 nitrogen and oxygen atoms in total. The smallest absolute Gasteiger partial charge is 0.307 e. The van der Waals surface area contributed by atoms with E-state index in [1.165, 1.54) is 6.08 Å². The largest absolute Gasteiger partial charge is 0.466 e. The molecule has 19 heavy (non-hydrogen) atoms. The van der Waals surface area contributed by atoms with E-state index in [2.05, 4.69) is 5.32 Å². The fourth-order valence-electron chi connectivity index (χ4n) is 1.36. The lowest BCUT2D eigenvalue weighted by atomic mass is 10.2. The Kier molecular flexibility index (Phi) is 6.68. The molecule has 0 bridgehead atoms. The third kappa shape index (κ3) is 6.06. The molecule has 0 fully saturated rings. The first-order valence-corrected chi connectivity index (χ1v) is 6.37. The number of carbonyl (C=O) groups excluding carboxylic acids is 2. The van der Waals surface area contributed by atoms with Crippen LogP contribution in [0.4, 0.5) is 0 Å². The normalized spacial score (nSPS) is 10.4. The number of ether oxygens (including phenoxy) is 1. The number of hydrogen-bond acceptors (Lipinski definition) is 3. The zero-order valence-electron chi connectivity index (χ0n) is 10.7. The number of rotatable bonds is 6. The van der Waals surface area contributed by atoms with Crippen LogP contribution < -0.4 is 5.32 Å². The Morgan fingerprint density at radius 3 is 2.79 bits per heavy atom. The Morgan fingerprint density at radius 1 is 1.37 bits per heavy atom. The van der Waals surface area contributed by atoms with Crippen LogP contribution in [0.15, 0.2) is 30.3 Å². The van der Waals surface area contributed by atoms with E-state index >= 15 is 0 Å². The van der Waals surface area contributed by atoms with Gasteiger partial charge >= 0.3 is 5.97 Å². The van der Waals surface area contributed by atoms with Gasteiger partial charge in [0.1, 0.15) is 0 Å². The average molecular weight is 282 g/mol. The van der Waals surface area contributed by atoms with Gasteiger partial charge in [0.2, 0.25) is 5.91 Å². The van der Waals surface area contributed by atoms with Crippen molar-refractivity contribution in [3.8, 4) is 0 Å². The van der Waals surface area contributed by atoms with E-state index in [4.69, 9.17) is 16.3 Å². The Labute approximate surface area is 117 Å². The number of esters is 1. The van der Waals surface area contributed by atoms with E-state index in [-0.39, 0.29) is 24.8 Å². The van der Waals surface area contributed by atoms with Crippen molar-refractivity contribution in [1.29, 1.82) is 0 Å². The minimum absolute atomic E-state index is 0.166. The van der Waals surface area contributed by atoms with Gasteiger partial charge < -0.3 is 10.1 Å². The van der Waals surface area contributed by atoms with Crippen LogP contribution in [0.2, 0.25) is 5.02 Å². The first kappa shape index (κ1) is 15.2. The number of carbonyl (C=O) groups is 2. The monoisotopic (exact) mass is 281 g/mol. The van der Waals surface area contributed by atoms with E-state index in [1.807, 2.05) is 18.2 Å². The molecular weight excluding hydrogens is 266 g/mol. The van der Waals surface area contributed by atoms with Crippen LogP contribution in [0.25, 0.3) is 6.08 Å². The molecule has 1 aromatic carbocycles. The van der Waals surface area contributed by atoms with E-state index < -0.39 is 0 Å². The summed E-state index contributed by atoms with van der Waals surface area (Å²) in [4.78, 5) is 22.5. The second-order valence-electron chi connectivity index (χ2n) is 3.70. The average Bonchev–Trinajstić information content (AvgIpc) is 2.38. The Balaban J connectivity index is 2.35. The molecule has 0 aromatic heterocycles. The molecule has 0 saturated heterocycles. The highest BCUT2D eigenvalue weighted by atomic mass is 35.5. The van der Waals surface area contributed by atoms with Crippen LogP contribution in [0.5, 0.6) is 0 Å². The lowest BCUT2D eigenvalue weighted by Crippen LogP contribution is -2.24. The number of hydrogen-bond donors (Lipinski definition) is 1. The molecule has 1 aromatic rings. The second kappa shape index (κ2) is 8.32. The summed E-state index contributed by atoms with van der Waals surface area (Å²) in [5.74, 6) is -0.595. The maximum Gasteiger partial charge on any atom is 0.307 e. The SMILES string of the molecule is CCOC(=O)CCNC(=O)C=Cc1ccccc1Cl. The Morgan fingerprint density at radius 2 is 2.11 bits per heavy atom. The van der Waals surface area contributed by atoms with Crippen LogP contribution in [0.3, 0.4) is 0 Å². The maximum atomic E-state index is 11.5. The highest BCUT2D eigenvalue weighted by molar-refractivity contribution is 6.32. The number of nitrogens with one attached hydrogen (secondary N) is 1. The van der Waals surface area contributed by atoms with Crippen molar-refractivity contribution in [3.63, 3.8) is 0 Å².